The molecule has 0 spiro atoms. The number of aliphatic hydroxyl groups excluding tert-OH is 1. The first-order valence-corrected chi connectivity index (χ1v) is 10.4. The van der Waals surface area contributed by atoms with E-state index < -0.39 is 0 Å². The van der Waals surface area contributed by atoms with Crippen LogP contribution in [0, 0.1) is 11.3 Å². The summed E-state index contributed by atoms with van der Waals surface area (Å²) in [4.78, 5) is 1.27. The van der Waals surface area contributed by atoms with Crippen LogP contribution in [0.5, 0.6) is 5.75 Å². The van der Waals surface area contributed by atoms with Gasteiger partial charge in [0.25, 0.3) is 0 Å². The quantitative estimate of drug-likeness (QED) is 0.554. The first-order chi connectivity index (χ1) is 14.2. The molecule has 2 aromatic rings. The third-order valence-corrected chi connectivity index (χ3v) is 5.87. The molecule has 1 aromatic heterocycles. The molecule has 29 heavy (non-hydrogen) atoms. The Hall–Kier alpha value is -2.85. The summed E-state index contributed by atoms with van der Waals surface area (Å²) in [5.41, 5.74) is 1.45. The highest BCUT2D eigenvalue weighted by Crippen LogP contribution is 2.22. The van der Waals surface area contributed by atoms with E-state index in [-0.39, 0.29) is 11.3 Å². The van der Waals surface area contributed by atoms with E-state index in [0.717, 1.165) is 63.2 Å². The fourth-order valence-electron chi connectivity index (χ4n) is 4.07. The topological polar surface area (TPSA) is 88.4 Å². The van der Waals surface area contributed by atoms with Crippen LogP contribution in [0.25, 0.3) is 5.57 Å². The number of aliphatic hydroxyl groups is 1. The number of nitriles is 1. The van der Waals surface area contributed by atoms with Gasteiger partial charge in [0.05, 0.1) is 13.2 Å². The van der Waals surface area contributed by atoms with Crippen LogP contribution in [0.4, 0.5) is 0 Å². The maximum atomic E-state index is 10.9. The van der Waals surface area contributed by atoms with Crippen molar-refractivity contribution in [2.75, 3.05) is 13.7 Å². The fourth-order valence-corrected chi connectivity index (χ4v) is 4.07. The van der Waals surface area contributed by atoms with Crippen molar-refractivity contribution in [3.63, 3.8) is 0 Å². The first kappa shape index (κ1) is 19.5. The number of nitrogens with zero attached hydrogens (tertiary/aromatic N) is 4. The Morgan fingerprint density at radius 1 is 1.24 bits per heavy atom. The Labute approximate surface area is 171 Å². The standard InChI is InChI=1S/C22H27N5O2/c1-29-18-10-6-16(7-11-18)14-26(17-8-9-17)15-20(28)19(13-23)22-25-24-21-5-3-2-4-12-27(21)22/h6-7,10-11,17,28H,2-5,8-9,12,14-15H2,1H3/p+1/b20-19-. The molecule has 2 N–H and O–H groups in total. The van der Waals surface area contributed by atoms with Gasteiger partial charge in [0, 0.05) is 31.4 Å². The lowest BCUT2D eigenvalue weighted by Gasteiger charge is -2.19. The van der Waals surface area contributed by atoms with Gasteiger partial charge in [-0.3, -0.25) is 0 Å². The van der Waals surface area contributed by atoms with Crippen LogP contribution < -0.4 is 9.64 Å². The number of methoxy groups -OCH3 is 1. The Morgan fingerprint density at radius 3 is 2.72 bits per heavy atom. The highest BCUT2D eigenvalue weighted by molar-refractivity contribution is 5.74. The molecule has 152 valence electrons. The van der Waals surface area contributed by atoms with Crippen LogP contribution in [0.3, 0.4) is 0 Å². The van der Waals surface area contributed by atoms with Gasteiger partial charge < -0.3 is 19.3 Å². The van der Waals surface area contributed by atoms with E-state index in [1.165, 1.54) is 10.5 Å². The van der Waals surface area contributed by atoms with E-state index in [0.29, 0.717) is 18.4 Å². The molecule has 1 saturated carbocycles. The summed E-state index contributed by atoms with van der Waals surface area (Å²) < 4.78 is 7.25. The molecule has 7 heteroatoms. The van der Waals surface area contributed by atoms with E-state index >= 15 is 0 Å². The molecule has 7 nitrogen and oxygen atoms in total. The normalized spacial score (nSPS) is 18.2. The molecule has 1 aliphatic heterocycles. The molecule has 4 rings (SSSR count). The average molecular weight is 394 g/mol. The van der Waals surface area contributed by atoms with Crippen molar-refractivity contribution in [1.82, 2.24) is 14.8 Å². The third-order valence-electron chi connectivity index (χ3n) is 5.87. The molecule has 0 bridgehead atoms. The van der Waals surface area contributed by atoms with Crippen LogP contribution in [0.15, 0.2) is 30.0 Å². The second kappa shape index (κ2) is 8.66. The Kier molecular flexibility index (Phi) is 5.81. The zero-order valence-electron chi connectivity index (χ0n) is 16.9. The van der Waals surface area contributed by atoms with Gasteiger partial charge in [-0.15, -0.1) is 10.2 Å². The summed E-state index contributed by atoms with van der Waals surface area (Å²) in [7, 11) is 1.66. The van der Waals surface area contributed by atoms with Gasteiger partial charge in [0.1, 0.15) is 36.3 Å². The lowest BCUT2D eigenvalue weighted by Crippen LogP contribution is -3.12. The summed E-state index contributed by atoms with van der Waals surface area (Å²) in [5, 5.41) is 29.2. The largest absolute Gasteiger partial charge is 0.506 e. The van der Waals surface area contributed by atoms with Crippen molar-refractivity contribution in [2.45, 2.75) is 57.7 Å². The Balaban J connectivity index is 1.55. The van der Waals surface area contributed by atoms with Crippen LogP contribution in [-0.2, 0) is 19.5 Å². The predicted molar refractivity (Wildman–Crippen MR) is 108 cm³/mol. The number of rotatable bonds is 7. The Bertz CT molecular complexity index is 922. The van der Waals surface area contributed by atoms with E-state index in [9.17, 15) is 10.4 Å². The maximum absolute atomic E-state index is 10.9. The summed E-state index contributed by atoms with van der Waals surface area (Å²) in [6.45, 7) is 2.03. The van der Waals surface area contributed by atoms with Gasteiger partial charge in [-0.2, -0.15) is 5.26 Å². The third kappa shape index (κ3) is 4.43. The van der Waals surface area contributed by atoms with Crippen molar-refractivity contribution in [3.05, 3.63) is 47.2 Å². The summed E-state index contributed by atoms with van der Waals surface area (Å²) in [6.07, 6.45) is 6.48. The van der Waals surface area contributed by atoms with Crippen LogP contribution in [0.1, 0.15) is 49.3 Å². The van der Waals surface area contributed by atoms with Gasteiger partial charge >= 0.3 is 0 Å². The van der Waals surface area contributed by atoms with Crippen molar-refractivity contribution < 1.29 is 14.7 Å². The minimum atomic E-state index is 0.113. The smallest absolute Gasteiger partial charge is 0.178 e. The van der Waals surface area contributed by atoms with Gasteiger partial charge in [-0.1, -0.05) is 6.42 Å². The van der Waals surface area contributed by atoms with E-state index in [4.69, 9.17) is 4.74 Å². The number of fused-ring (bicyclic) bond motifs is 1. The number of benzene rings is 1. The van der Waals surface area contributed by atoms with E-state index in [2.05, 4.69) is 28.4 Å². The van der Waals surface area contributed by atoms with Gasteiger partial charge in [0.2, 0.25) is 0 Å². The summed E-state index contributed by atoms with van der Waals surface area (Å²) in [6, 6.07) is 10.8. The molecule has 1 fully saturated rings. The number of ether oxygens (including phenoxy) is 1. The minimum Gasteiger partial charge on any atom is -0.506 e. The number of aryl methyl sites for hydroxylation is 1. The maximum Gasteiger partial charge on any atom is 0.178 e. The fraction of sp³-hybridized carbons (Fsp3) is 0.500. The van der Waals surface area contributed by atoms with Crippen LogP contribution in [-0.4, -0.2) is 39.6 Å². The lowest BCUT2D eigenvalue weighted by atomic mass is 10.1. The van der Waals surface area contributed by atoms with Crippen molar-refractivity contribution in [1.29, 1.82) is 5.26 Å². The second-order valence-electron chi connectivity index (χ2n) is 7.97. The van der Waals surface area contributed by atoms with Crippen molar-refractivity contribution in [3.8, 4) is 11.8 Å². The molecular weight excluding hydrogens is 366 g/mol. The van der Waals surface area contributed by atoms with Crippen LogP contribution in [0.2, 0.25) is 0 Å². The zero-order valence-corrected chi connectivity index (χ0v) is 16.9. The molecular formula is C22H28N5O2+. The van der Waals surface area contributed by atoms with Gasteiger partial charge in [-0.25, -0.2) is 0 Å². The molecule has 0 amide bonds. The molecule has 2 aliphatic rings. The molecule has 0 saturated heterocycles. The monoisotopic (exact) mass is 394 g/mol. The molecule has 1 unspecified atom stereocenters. The predicted octanol–water partition coefficient (Wildman–Crippen LogP) is 2.05. The molecule has 1 aliphatic carbocycles. The molecule has 0 radical (unpaired) electrons. The second-order valence-corrected chi connectivity index (χ2v) is 7.97. The highest BCUT2D eigenvalue weighted by atomic mass is 16.5. The van der Waals surface area contributed by atoms with E-state index in [1.807, 2.05) is 16.7 Å². The Morgan fingerprint density at radius 2 is 2.03 bits per heavy atom. The molecule has 1 aromatic carbocycles. The minimum absolute atomic E-state index is 0.113. The number of nitrogens with one attached hydrogen (secondary N) is 1. The lowest BCUT2D eigenvalue weighted by molar-refractivity contribution is -0.921. The highest BCUT2D eigenvalue weighted by Gasteiger charge is 2.35. The van der Waals surface area contributed by atoms with Gasteiger partial charge in [-0.05, 0) is 37.1 Å². The SMILES string of the molecule is COc1ccc(C[NH+](C/C(O)=C(\C#N)c2nnc3n2CCCCC3)C2CC2)cc1. The number of aromatic nitrogens is 3. The van der Waals surface area contributed by atoms with Crippen LogP contribution >= 0.6 is 0 Å². The number of quaternary nitrogens is 1. The number of hydrogen-bond donors (Lipinski definition) is 2. The van der Waals surface area contributed by atoms with Crippen molar-refractivity contribution in [2.24, 2.45) is 0 Å². The summed E-state index contributed by atoms with van der Waals surface area (Å²) in [5.74, 6) is 2.38. The van der Waals surface area contributed by atoms with E-state index in [1.54, 1.807) is 7.11 Å². The van der Waals surface area contributed by atoms with Crippen molar-refractivity contribution >= 4 is 5.57 Å². The number of hydrogen-bond acceptors (Lipinski definition) is 5. The number of allylic oxidation sites excluding steroid dienone is 1. The van der Waals surface area contributed by atoms with Gasteiger partial charge in [0.15, 0.2) is 11.6 Å². The first-order valence-electron chi connectivity index (χ1n) is 10.4. The summed E-state index contributed by atoms with van der Waals surface area (Å²) >= 11 is 0. The zero-order chi connectivity index (χ0) is 20.2. The average Bonchev–Trinajstić information content (AvgIpc) is 3.55. The molecule has 1 atom stereocenters. The molecule has 2 heterocycles.